The molecule has 0 fully saturated rings. The number of carboxylic acids is 1. The molecule has 0 bridgehead atoms. The first-order chi connectivity index (χ1) is 17.0. The van der Waals surface area contributed by atoms with E-state index in [-0.39, 0.29) is 23.7 Å². The summed E-state index contributed by atoms with van der Waals surface area (Å²) < 4.78 is 32.6. The molecule has 0 radical (unpaired) electrons. The van der Waals surface area contributed by atoms with Gasteiger partial charge < -0.3 is 19.3 Å². The number of nitriles is 2. The van der Waals surface area contributed by atoms with Gasteiger partial charge in [-0.15, -0.1) is 0 Å². The predicted octanol–water partition coefficient (Wildman–Crippen LogP) is 5.38. The molecule has 174 valence electrons. The summed E-state index contributed by atoms with van der Waals surface area (Å²) in [6, 6.07) is 16.7. The van der Waals surface area contributed by atoms with Crippen LogP contribution in [0.2, 0.25) is 0 Å². The van der Waals surface area contributed by atoms with E-state index in [1.165, 1.54) is 18.2 Å². The summed E-state index contributed by atoms with van der Waals surface area (Å²) in [4.78, 5) is 11.1. The molecule has 1 aliphatic heterocycles. The van der Waals surface area contributed by atoms with Crippen LogP contribution in [0.1, 0.15) is 52.7 Å². The first-order valence-corrected chi connectivity index (χ1v) is 11.1. The number of rotatable bonds is 6. The van der Waals surface area contributed by atoms with Gasteiger partial charge in [0.25, 0.3) is 0 Å². The number of hydrogen-bond acceptors (Lipinski definition) is 6. The smallest absolute Gasteiger partial charge is 0.304 e. The van der Waals surface area contributed by atoms with Crippen molar-refractivity contribution in [3.63, 3.8) is 0 Å². The third kappa shape index (κ3) is 4.22. The van der Waals surface area contributed by atoms with Crippen LogP contribution >= 0.6 is 0 Å². The van der Waals surface area contributed by atoms with E-state index in [1.54, 1.807) is 30.3 Å². The molecule has 1 aliphatic carbocycles. The number of nitrogens with zero attached hydrogens (tertiary/aromatic N) is 2. The summed E-state index contributed by atoms with van der Waals surface area (Å²) in [5, 5.41) is 27.6. The summed E-state index contributed by atoms with van der Waals surface area (Å²) in [5.41, 5.74) is 2.46. The quantitative estimate of drug-likeness (QED) is 0.515. The minimum Gasteiger partial charge on any atom is -0.492 e. The van der Waals surface area contributed by atoms with Crippen LogP contribution in [0.3, 0.4) is 0 Å². The van der Waals surface area contributed by atoms with Gasteiger partial charge in [0.1, 0.15) is 41.0 Å². The molecule has 3 aromatic rings. The maximum absolute atomic E-state index is 14.9. The zero-order chi connectivity index (χ0) is 24.5. The number of benzene rings is 3. The van der Waals surface area contributed by atoms with Crippen LogP contribution in [-0.4, -0.2) is 17.7 Å². The third-order valence-corrected chi connectivity index (χ3v) is 6.25. The number of carboxylic acid groups (broad SMARTS) is 1. The van der Waals surface area contributed by atoms with Crippen LogP contribution in [0.5, 0.6) is 23.0 Å². The Kier molecular flexibility index (Phi) is 5.72. The summed E-state index contributed by atoms with van der Waals surface area (Å²) in [6.45, 7) is 0.298. The minimum atomic E-state index is -0.884. The van der Waals surface area contributed by atoms with E-state index in [9.17, 15) is 14.4 Å². The van der Waals surface area contributed by atoms with Crippen LogP contribution in [0.4, 0.5) is 4.39 Å². The van der Waals surface area contributed by atoms with Crippen molar-refractivity contribution in [3.05, 3.63) is 82.2 Å². The number of aliphatic carboxylic acids is 1. The fourth-order valence-corrected chi connectivity index (χ4v) is 4.62. The molecule has 0 saturated carbocycles. The monoisotopic (exact) mass is 470 g/mol. The molecular formula is C27H19FN2O5. The van der Waals surface area contributed by atoms with E-state index >= 15 is 0 Å². The molecule has 2 atom stereocenters. The van der Waals surface area contributed by atoms with E-state index < -0.39 is 17.9 Å². The topological polar surface area (TPSA) is 113 Å². The van der Waals surface area contributed by atoms with E-state index in [4.69, 9.17) is 24.6 Å². The van der Waals surface area contributed by atoms with E-state index in [2.05, 4.69) is 0 Å². The van der Waals surface area contributed by atoms with Gasteiger partial charge in [0.05, 0.1) is 30.2 Å². The molecule has 0 saturated heterocycles. The van der Waals surface area contributed by atoms with Crippen molar-refractivity contribution in [2.24, 2.45) is 0 Å². The lowest BCUT2D eigenvalue weighted by atomic mass is 9.98. The van der Waals surface area contributed by atoms with Crippen molar-refractivity contribution in [3.8, 4) is 35.1 Å². The van der Waals surface area contributed by atoms with E-state index in [0.717, 1.165) is 5.56 Å². The standard InChI is InChI=1S/C27H19FN2O5/c28-21-5-8-23(35-22-6-1-15(12-29)9-16(22)13-30)20-4-7-24(27(20)21)34-18-2-3-19-17(10-26(31)32)14-33-25(19)11-18/h1-3,5-6,8-9,11,17,24H,4,7,10,14H2,(H,31,32)/t17?,24-/m1/s1. The Balaban J connectivity index is 1.39. The van der Waals surface area contributed by atoms with Crippen LogP contribution in [-0.2, 0) is 11.2 Å². The molecule has 3 aromatic carbocycles. The summed E-state index contributed by atoms with van der Waals surface area (Å²) >= 11 is 0. The SMILES string of the molecule is N#Cc1ccc(Oc2ccc(F)c3c2CC[C@H]3Oc2ccc3c(c2)OCC3CC(=O)O)c(C#N)c1. The molecule has 35 heavy (non-hydrogen) atoms. The Bertz CT molecular complexity index is 1420. The Labute approximate surface area is 200 Å². The summed E-state index contributed by atoms with van der Waals surface area (Å²) in [5.74, 6) is 0.302. The number of fused-ring (bicyclic) bond motifs is 2. The summed E-state index contributed by atoms with van der Waals surface area (Å²) in [6.07, 6.45) is 0.501. The average Bonchev–Trinajstić information content (AvgIpc) is 3.45. The van der Waals surface area contributed by atoms with Crippen LogP contribution in [0, 0.1) is 28.5 Å². The largest absolute Gasteiger partial charge is 0.492 e. The fourth-order valence-electron chi connectivity index (χ4n) is 4.62. The van der Waals surface area contributed by atoms with Crippen molar-refractivity contribution in [1.29, 1.82) is 10.5 Å². The van der Waals surface area contributed by atoms with Gasteiger partial charge in [-0.3, -0.25) is 4.79 Å². The molecule has 5 rings (SSSR count). The number of ether oxygens (including phenoxy) is 3. The highest BCUT2D eigenvalue weighted by atomic mass is 19.1. The molecule has 7 nitrogen and oxygen atoms in total. The van der Waals surface area contributed by atoms with Crippen LogP contribution in [0.15, 0.2) is 48.5 Å². The number of carbonyl (C=O) groups is 1. The molecular weight excluding hydrogens is 451 g/mol. The number of halogens is 1. The second kappa shape index (κ2) is 9.00. The second-order valence-corrected chi connectivity index (χ2v) is 8.42. The minimum absolute atomic E-state index is 0.00997. The molecule has 2 aliphatic rings. The molecule has 1 heterocycles. The highest BCUT2D eigenvalue weighted by Gasteiger charge is 2.32. The van der Waals surface area contributed by atoms with Gasteiger partial charge in [-0.2, -0.15) is 10.5 Å². The van der Waals surface area contributed by atoms with E-state index in [1.807, 2.05) is 12.1 Å². The second-order valence-electron chi connectivity index (χ2n) is 8.42. The maximum Gasteiger partial charge on any atom is 0.304 e. The highest BCUT2D eigenvalue weighted by Crippen LogP contribution is 2.44. The van der Waals surface area contributed by atoms with E-state index in [0.29, 0.717) is 53.4 Å². The zero-order valence-electron chi connectivity index (χ0n) is 18.5. The lowest BCUT2D eigenvalue weighted by Gasteiger charge is -2.17. The lowest BCUT2D eigenvalue weighted by molar-refractivity contribution is -0.137. The lowest BCUT2D eigenvalue weighted by Crippen LogP contribution is -2.07. The fraction of sp³-hybridized carbons (Fsp3) is 0.222. The van der Waals surface area contributed by atoms with Crippen molar-refractivity contribution in [2.45, 2.75) is 31.3 Å². The molecule has 0 spiro atoms. The Morgan fingerprint density at radius 3 is 2.71 bits per heavy atom. The Morgan fingerprint density at radius 2 is 1.94 bits per heavy atom. The van der Waals surface area contributed by atoms with Crippen LogP contribution in [0.25, 0.3) is 0 Å². The van der Waals surface area contributed by atoms with Crippen molar-refractivity contribution >= 4 is 5.97 Å². The van der Waals surface area contributed by atoms with Crippen molar-refractivity contribution < 1.29 is 28.5 Å². The van der Waals surface area contributed by atoms with Gasteiger partial charge in [0, 0.05) is 28.7 Å². The molecule has 0 amide bonds. The average molecular weight is 470 g/mol. The van der Waals surface area contributed by atoms with Crippen LogP contribution < -0.4 is 14.2 Å². The molecule has 1 unspecified atom stereocenters. The summed E-state index contributed by atoms with van der Waals surface area (Å²) in [7, 11) is 0. The highest BCUT2D eigenvalue weighted by molar-refractivity contribution is 5.69. The van der Waals surface area contributed by atoms with Gasteiger partial charge >= 0.3 is 5.97 Å². The Morgan fingerprint density at radius 1 is 1.11 bits per heavy atom. The van der Waals surface area contributed by atoms with Gasteiger partial charge in [-0.1, -0.05) is 6.07 Å². The Hall–Kier alpha value is -4.56. The van der Waals surface area contributed by atoms with Gasteiger partial charge in [0.15, 0.2) is 0 Å². The van der Waals surface area contributed by atoms with Gasteiger partial charge in [-0.25, -0.2) is 4.39 Å². The van der Waals surface area contributed by atoms with Gasteiger partial charge in [0.2, 0.25) is 0 Å². The molecule has 8 heteroatoms. The predicted molar refractivity (Wildman–Crippen MR) is 121 cm³/mol. The van der Waals surface area contributed by atoms with Gasteiger partial charge in [-0.05, 0) is 49.2 Å². The third-order valence-electron chi connectivity index (χ3n) is 6.25. The number of hydrogen-bond donors (Lipinski definition) is 1. The maximum atomic E-state index is 14.9. The first-order valence-electron chi connectivity index (χ1n) is 11.1. The molecule has 1 N–H and O–H groups in total. The normalized spacial score (nSPS) is 17.5. The molecule has 0 aromatic heterocycles. The zero-order valence-corrected chi connectivity index (χ0v) is 18.5. The first kappa shape index (κ1) is 22.2. The van der Waals surface area contributed by atoms with Crippen molar-refractivity contribution in [2.75, 3.05) is 6.61 Å². The van der Waals surface area contributed by atoms with Crippen molar-refractivity contribution in [1.82, 2.24) is 0 Å².